The number of hydrogen-bond donors (Lipinski definition) is 0. The highest BCUT2D eigenvalue weighted by Crippen LogP contribution is 2.50. The maximum atomic E-state index is 12.5. The smallest absolute Gasteiger partial charge is 0.244 e. The third-order valence-corrected chi connectivity index (χ3v) is 5.43. The van der Waals surface area contributed by atoms with Gasteiger partial charge in [-0.15, -0.1) is 23.2 Å². The fourth-order valence-electron chi connectivity index (χ4n) is 3.41. The molecule has 1 aromatic rings. The molecule has 0 aromatic heterocycles. The van der Waals surface area contributed by atoms with Gasteiger partial charge in [0.25, 0.3) is 0 Å². The van der Waals surface area contributed by atoms with Gasteiger partial charge in [-0.3, -0.25) is 4.79 Å². The normalized spacial score (nSPS) is 33.8. The number of carbonyl (C=O) groups is 1. The van der Waals surface area contributed by atoms with Crippen molar-refractivity contribution in [2.24, 2.45) is 11.8 Å². The van der Waals surface area contributed by atoms with Crippen LogP contribution in [0, 0.1) is 11.8 Å². The van der Waals surface area contributed by atoms with E-state index in [-0.39, 0.29) is 11.8 Å². The molecule has 0 radical (unpaired) electrons. The second kappa shape index (κ2) is 4.99. The molecule has 1 aromatic carbocycles. The monoisotopic (exact) mass is 297 g/mol. The second-order valence-corrected chi connectivity index (χ2v) is 6.67. The van der Waals surface area contributed by atoms with Crippen LogP contribution in [-0.2, 0) is 11.3 Å². The average molecular weight is 298 g/mol. The Balaban J connectivity index is 1.74. The Labute approximate surface area is 123 Å². The molecule has 4 heteroatoms. The number of hydrogen-bond acceptors (Lipinski definition) is 1. The zero-order valence-corrected chi connectivity index (χ0v) is 12.2. The Morgan fingerprint density at radius 2 is 2.05 bits per heavy atom. The first-order chi connectivity index (χ1) is 9.13. The van der Waals surface area contributed by atoms with Crippen molar-refractivity contribution in [2.75, 3.05) is 12.4 Å². The lowest BCUT2D eigenvalue weighted by molar-refractivity contribution is -0.130. The molecule has 0 bridgehead atoms. The lowest BCUT2D eigenvalue weighted by Crippen LogP contribution is -2.36. The molecule has 19 heavy (non-hydrogen) atoms. The number of likely N-dealkylation sites (tertiary alicyclic amines) is 1. The lowest BCUT2D eigenvalue weighted by Gasteiger charge is -2.21. The van der Waals surface area contributed by atoms with Gasteiger partial charge >= 0.3 is 0 Å². The van der Waals surface area contributed by atoms with Gasteiger partial charge in [-0.05, 0) is 24.3 Å². The van der Waals surface area contributed by atoms with Crippen LogP contribution in [0.3, 0.4) is 0 Å². The van der Waals surface area contributed by atoms with Gasteiger partial charge in [0.1, 0.15) is 4.87 Å². The summed E-state index contributed by atoms with van der Waals surface area (Å²) < 4.78 is 0. The molecule has 2 fully saturated rings. The number of carbonyl (C=O) groups excluding carboxylic acids is 1. The third kappa shape index (κ3) is 2.25. The number of nitrogens with zero attached hydrogens (tertiary/aromatic N) is 1. The SMILES string of the molecule is O=C1N(Cc2ccccc2)C[C@H]2C[C@@H](CCl)C[C@]12Cl. The summed E-state index contributed by atoms with van der Waals surface area (Å²) in [7, 11) is 0. The topological polar surface area (TPSA) is 20.3 Å². The number of amides is 1. The van der Waals surface area contributed by atoms with E-state index >= 15 is 0 Å². The summed E-state index contributed by atoms with van der Waals surface area (Å²) in [6.07, 6.45) is 1.71. The van der Waals surface area contributed by atoms with E-state index in [2.05, 4.69) is 0 Å². The third-order valence-electron chi connectivity index (χ3n) is 4.37. The van der Waals surface area contributed by atoms with Gasteiger partial charge in [0.15, 0.2) is 0 Å². The molecule has 1 saturated heterocycles. The second-order valence-electron chi connectivity index (χ2n) is 5.69. The number of fused-ring (bicyclic) bond motifs is 1. The molecule has 1 aliphatic heterocycles. The van der Waals surface area contributed by atoms with Crippen molar-refractivity contribution in [2.45, 2.75) is 24.3 Å². The van der Waals surface area contributed by atoms with Gasteiger partial charge in [0.2, 0.25) is 5.91 Å². The molecule has 1 amide bonds. The summed E-state index contributed by atoms with van der Waals surface area (Å²) in [5.74, 6) is 1.36. The zero-order chi connectivity index (χ0) is 13.5. The Kier molecular flexibility index (Phi) is 3.48. The maximum absolute atomic E-state index is 12.5. The number of halogens is 2. The maximum Gasteiger partial charge on any atom is 0.244 e. The number of benzene rings is 1. The van der Waals surface area contributed by atoms with Gasteiger partial charge < -0.3 is 4.90 Å². The summed E-state index contributed by atoms with van der Waals surface area (Å²) in [5, 5.41) is 0. The fraction of sp³-hybridized carbons (Fsp3) is 0.533. The van der Waals surface area contributed by atoms with E-state index in [1.807, 2.05) is 35.2 Å². The summed E-state index contributed by atoms with van der Waals surface area (Å²) in [5.41, 5.74) is 1.16. The minimum absolute atomic E-state index is 0.0932. The van der Waals surface area contributed by atoms with E-state index in [4.69, 9.17) is 23.2 Å². The van der Waals surface area contributed by atoms with Gasteiger partial charge in [-0.2, -0.15) is 0 Å². The van der Waals surface area contributed by atoms with Crippen LogP contribution in [0.2, 0.25) is 0 Å². The highest BCUT2D eigenvalue weighted by Gasteiger charge is 2.57. The minimum atomic E-state index is -0.686. The number of alkyl halides is 2. The van der Waals surface area contributed by atoms with Crippen LogP contribution in [0.5, 0.6) is 0 Å². The highest BCUT2D eigenvalue weighted by molar-refractivity contribution is 6.36. The van der Waals surface area contributed by atoms with Gasteiger partial charge in [0, 0.05) is 24.9 Å². The Morgan fingerprint density at radius 3 is 2.68 bits per heavy atom. The van der Waals surface area contributed by atoms with Crippen molar-refractivity contribution >= 4 is 29.1 Å². The van der Waals surface area contributed by atoms with Crippen molar-refractivity contribution in [1.82, 2.24) is 4.90 Å². The van der Waals surface area contributed by atoms with E-state index in [1.54, 1.807) is 0 Å². The predicted octanol–water partition coefficient (Wildman–Crippen LogP) is 3.27. The van der Waals surface area contributed by atoms with Crippen LogP contribution in [0.25, 0.3) is 0 Å². The van der Waals surface area contributed by atoms with Crippen LogP contribution in [0.1, 0.15) is 18.4 Å². The first-order valence-electron chi connectivity index (χ1n) is 6.71. The molecule has 3 atom stereocenters. The van der Waals surface area contributed by atoms with Crippen molar-refractivity contribution in [3.05, 3.63) is 35.9 Å². The highest BCUT2D eigenvalue weighted by atomic mass is 35.5. The van der Waals surface area contributed by atoms with Crippen molar-refractivity contribution in [3.63, 3.8) is 0 Å². The standard InChI is InChI=1S/C15H17Cl2NO/c16-8-12-6-13-10-18(14(19)15(13,17)7-12)9-11-4-2-1-3-5-11/h1-5,12-13H,6-10H2/t12-,13-,15-/m1/s1. The molecular weight excluding hydrogens is 281 g/mol. The van der Waals surface area contributed by atoms with Crippen LogP contribution >= 0.6 is 23.2 Å². The molecule has 1 heterocycles. The summed E-state index contributed by atoms with van der Waals surface area (Å²) in [4.78, 5) is 13.7. The average Bonchev–Trinajstić information content (AvgIpc) is 2.86. The fourth-order valence-corrected chi connectivity index (χ4v) is 4.14. The van der Waals surface area contributed by atoms with Gasteiger partial charge in [0.05, 0.1) is 0 Å². The van der Waals surface area contributed by atoms with Crippen molar-refractivity contribution < 1.29 is 4.79 Å². The lowest BCUT2D eigenvalue weighted by atomic mass is 9.99. The Hall–Kier alpha value is -0.730. The van der Waals surface area contributed by atoms with Crippen LogP contribution in [0.4, 0.5) is 0 Å². The van der Waals surface area contributed by atoms with Gasteiger partial charge in [-0.25, -0.2) is 0 Å². The first-order valence-corrected chi connectivity index (χ1v) is 7.63. The molecule has 2 nitrogen and oxygen atoms in total. The number of rotatable bonds is 3. The zero-order valence-electron chi connectivity index (χ0n) is 10.7. The molecule has 1 aliphatic carbocycles. The molecule has 2 aliphatic rings. The predicted molar refractivity (Wildman–Crippen MR) is 77.4 cm³/mol. The minimum Gasteiger partial charge on any atom is -0.336 e. The Morgan fingerprint density at radius 1 is 1.32 bits per heavy atom. The van der Waals surface area contributed by atoms with E-state index in [1.165, 1.54) is 0 Å². The van der Waals surface area contributed by atoms with E-state index < -0.39 is 4.87 Å². The molecule has 3 rings (SSSR count). The summed E-state index contributed by atoms with van der Waals surface area (Å²) in [6, 6.07) is 10.1. The largest absolute Gasteiger partial charge is 0.336 e. The van der Waals surface area contributed by atoms with Crippen LogP contribution < -0.4 is 0 Å². The van der Waals surface area contributed by atoms with E-state index in [0.717, 1.165) is 24.9 Å². The molecule has 0 unspecified atom stereocenters. The quantitative estimate of drug-likeness (QED) is 0.784. The van der Waals surface area contributed by atoms with E-state index in [9.17, 15) is 4.79 Å². The molecule has 1 saturated carbocycles. The van der Waals surface area contributed by atoms with Gasteiger partial charge in [-0.1, -0.05) is 30.3 Å². The summed E-state index contributed by atoms with van der Waals surface area (Å²) in [6.45, 7) is 1.43. The van der Waals surface area contributed by atoms with Crippen molar-refractivity contribution in [3.8, 4) is 0 Å². The van der Waals surface area contributed by atoms with Crippen LogP contribution in [0.15, 0.2) is 30.3 Å². The Bertz CT molecular complexity index is 478. The van der Waals surface area contributed by atoms with Crippen molar-refractivity contribution in [1.29, 1.82) is 0 Å². The first kappa shape index (κ1) is 13.3. The molecular formula is C15H17Cl2NO. The summed E-state index contributed by atoms with van der Waals surface area (Å²) >= 11 is 12.5. The molecule has 102 valence electrons. The molecule has 0 N–H and O–H groups in total. The van der Waals surface area contributed by atoms with Crippen LogP contribution in [-0.4, -0.2) is 28.1 Å². The van der Waals surface area contributed by atoms with E-state index in [0.29, 0.717) is 18.3 Å². The molecule has 0 spiro atoms.